The number of rotatable bonds is 2. The van der Waals surface area contributed by atoms with Gasteiger partial charge in [0.1, 0.15) is 0 Å². The molecular weight excluding hydrogens is 238 g/mol. The van der Waals surface area contributed by atoms with Crippen molar-refractivity contribution in [3.63, 3.8) is 0 Å². The quantitative estimate of drug-likeness (QED) is 0.854. The Balaban J connectivity index is 2.00. The zero-order chi connectivity index (χ0) is 12.0. The van der Waals surface area contributed by atoms with Crippen molar-refractivity contribution in [3.05, 3.63) is 30.3 Å². The van der Waals surface area contributed by atoms with Crippen molar-refractivity contribution >= 4 is 10.0 Å². The molecule has 2 fully saturated rings. The number of hydrogen-bond donors (Lipinski definition) is 1. The van der Waals surface area contributed by atoms with Crippen molar-refractivity contribution in [2.45, 2.75) is 42.3 Å². The van der Waals surface area contributed by atoms with Gasteiger partial charge in [0.25, 0.3) is 0 Å². The molecule has 0 aromatic heterocycles. The molecule has 1 aromatic rings. The molecule has 1 N–H and O–H groups in total. The summed E-state index contributed by atoms with van der Waals surface area (Å²) in [6.45, 7) is 0. The molecular formula is C12H15NO3S. The van der Waals surface area contributed by atoms with Crippen LogP contribution in [0.25, 0.3) is 0 Å². The first-order valence-electron chi connectivity index (χ1n) is 5.87. The van der Waals surface area contributed by atoms with Crippen molar-refractivity contribution in [3.8, 4) is 0 Å². The molecule has 2 bridgehead atoms. The zero-order valence-electron chi connectivity index (χ0n) is 9.36. The van der Waals surface area contributed by atoms with Crippen LogP contribution < -0.4 is 0 Å². The van der Waals surface area contributed by atoms with E-state index in [2.05, 4.69) is 0 Å². The fourth-order valence-corrected chi connectivity index (χ4v) is 4.93. The van der Waals surface area contributed by atoms with Gasteiger partial charge in [-0.1, -0.05) is 18.2 Å². The molecule has 4 nitrogen and oxygen atoms in total. The van der Waals surface area contributed by atoms with E-state index in [1.54, 1.807) is 30.3 Å². The van der Waals surface area contributed by atoms with Crippen molar-refractivity contribution < 1.29 is 13.5 Å². The van der Waals surface area contributed by atoms with Gasteiger partial charge < -0.3 is 5.11 Å². The highest BCUT2D eigenvalue weighted by Gasteiger charge is 2.51. The Morgan fingerprint density at radius 2 is 1.88 bits per heavy atom. The summed E-state index contributed by atoms with van der Waals surface area (Å²) >= 11 is 0. The first kappa shape index (κ1) is 11.2. The number of sulfonamides is 1. The summed E-state index contributed by atoms with van der Waals surface area (Å²) in [7, 11) is -3.43. The first-order valence-corrected chi connectivity index (χ1v) is 7.31. The lowest BCUT2D eigenvalue weighted by atomic mass is 9.98. The number of nitrogens with zero attached hydrogens (tertiary/aromatic N) is 1. The van der Waals surface area contributed by atoms with E-state index < -0.39 is 16.1 Å². The van der Waals surface area contributed by atoms with Crippen molar-refractivity contribution in [1.82, 2.24) is 4.31 Å². The zero-order valence-corrected chi connectivity index (χ0v) is 10.2. The number of fused-ring (bicyclic) bond motifs is 2. The number of aliphatic hydroxyl groups excluding tert-OH is 1. The smallest absolute Gasteiger partial charge is 0.243 e. The van der Waals surface area contributed by atoms with Crippen molar-refractivity contribution in [2.24, 2.45) is 0 Å². The molecule has 0 unspecified atom stereocenters. The van der Waals surface area contributed by atoms with E-state index >= 15 is 0 Å². The van der Waals surface area contributed by atoms with Gasteiger partial charge in [-0.25, -0.2) is 8.42 Å². The molecule has 0 radical (unpaired) electrons. The predicted molar refractivity (Wildman–Crippen MR) is 62.9 cm³/mol. The summed E-state index contributed by atoms with van der Waals surface area (Å²) in [5.41, 5.74) is 0. The Kier molecular flexibility index (Phi) is 2.50. The molecule has 2 aliphatic rings. The fraction of sp³-hybridized carbons (Fsp3) is 0.500. The molecule has 3 rings (SSSR count). The predicted octanol–water partition coefficient (Wildman–Crippen LogP) is 0.973. The fourth-order valence-electron chi connectivity index (χ4n) is 3.00. The summed E-state index contributed by atoms with van der Waals surface area (Å²) in [5.74, 6) is 0. The lowest BCUT2D eigenvalue weighted by molar-refractivity contribution is 0.137. The Bertz CT molecular complexity index is 514. The van der Waals surface area contributed by atoms with Crippen LogP contribution in [0.4, 0.5) is 0 Å². The van der Waals surface area contributed by atoms with E-state index in [1.165, 1.54) is 4.31 Å². The maximum Gasteiger partial charge on any atom is 0.243 e. The average Bonchev–Trinajstić information content (AvgIpc) is 2.87. The van der Waals surface area contributed by atoms with Crippen LogP contribution in [-0.2, 0) is 10.0 Å². The van der Waals surface area contributed by atoms with E-state index in [-0.39, 0.29) is 12.1 Å². The van der Waals surface area contributed by atoms with Gasteiger partial charge >= 0.3 is 0 Å². The van der Waals surface area contributed by atoms with Gasteiger partial charge in [0.2, 0.25) is 10.0 Å². The highest BCUT2D eigenvalue weighted by Crippen LogP contribution is 2.41. The Morgan fingerprint density at radius 1 is 1.18 bits per heavy atom. The van der Waals surface area contributed by atoms with Gasteiger partial charge in [-0.05, 0) is 31.4 Å². The first-order chi connectivity index (χ1) is 8.10. The molecule has 0 saturated carbocycles. The third-order valence-electron chi connectivity index (χ3n) is 3.76. The summed E-state index contributed by atoms with van der Waals surface area (Å²) in [6.07, 6.45) is 1.73. The molecule has 0 amide bonds. The van der Waals surface area contributed by atoms with Crippen LogP contribution in [0.2, 0.25) is 0 Å². The maximum atomic E-state index is 12.5. The third-order valence-corrected chi connectivity index (χ3v) is 5.75. The van der Waals surface area contributed by atoms with Crippen LogP contribution in [0.15, 0.2) is 35.2 Å². The molecule has 17 heavy (non-hydrogen) atoms. The second-order valence-corrected chi connectivity index (χ2v) is 6.59. The molecule has 0 aliphatic carbocycles. The van der Waals surface area contributed by atoms with E-state index in [4.69, 9.17) is 0 Å². The molecule has 2 aliphatic heterocycles. The Labute approximate surface area is 101 Å². The summed E-state index contributed by atoms with van der Waals surface area (Å²) in [6, 6.07) is 8.24. The van der Waals surface area contributed by atoms with Crippen molar-refractivity contribution in [2.75, 3.05) is 0 Å². The molecule has 92 valence electrons. The minimum atomic E-state index is -3.43. The van der Waals surface area contributed by atoms with Gasteiger partial charge in [-0.2, -0.15) is 4.31 Å². The lowest BCUT2D eigenvalue weighted by Gasteiger charge is -2.21. The minimum absolute atomic E-state index is 0.0137. The van der Waals surface area contributed by atoms with E-state index in [9.17, 15) is 13.5 Å². The monoisotopic (exact) mass is 253 g/mol. The molecule has 2 heterocycles. The van der Waals surface area contributed by atoms with E-state index in [0.717, 1.165) is 12.8 Å². The number of hydrogen-bond acceptors (Lipinski definition) is 3. The highest BCUT2D eigenvalue weighted by atomic mass is 32.2. The van der Waals surface area contributed by atoms with Gasteiger partial charge in [-0.15, -0.1) is 0 Å². The van der Waals surface area contributed by atoms with Gasteiger partial charge in [0, 0.05) is 6.04 Å². The molecule has 2 saturated heterocycles. The van der Waals surface area contributed by atoms with Crippen LogP contribution in [0.5, 0.6) is 0 Å². The Hall–Kier alpha value is -0.910. The van der Waals surface area contributed by atoms with Gasteiger partial charge in [0.15, 0.2) is 0 Å². The molecule has 5 heteroatoms. The normalized spacial score (nSPS) is 33.1. The van der Waals surface area contributed by atoms with Crippen LogP contribution in [0.1, 0.15) is 19.3 Å². The Morgan fingerprint density at radius 3 is 2.41 bits per heavy atom. The van der Waals surface area contributed by atoms with Gasteiger partial charge in [0.05, 0.1) is 17.0 Å². The van der Waals surface area contributed by atoms with Crippen LogP contribution >= 0.6 is 0 Å². The minimum Gasteiger partial charge on any atom is -0.391 e. The van der Waals surface area contributed by atoms with Crippen LogP contribution in [0.3, 0.4) is 0 Å². The number of aliphatic hydroxyl groups is 1. The summed E-state index contributed by atoms with van der Waals surface area (Å²) in [5, 5.41) is 9.79. The SMILES string of the molecule is O=S(=O)(c1ccccc1)N1[C@@H]2CC[C@H]1[C@@H](O)C2. The number of benzene rings is 1. The van der Waals surface area contributed by atoms with E-state index in [1.807, 2.05) is 0 Å². The van der Waals surface area contributed by atoms with Crippen LogP contribution in [-0.4, -0.2) is 36.0 Å². The van der Waals surface area contributed by atoms with Crippen molar-refractivity contribution in [1.29, 1.82) is 0 Å². The maximum absolute atomic E-state index is 12.5. The van der Waals surface area contributed by atoms with Gasteiger partial charge in [-0.3, -0.25) is 0 Å². The summed E-state index contributed by atoms with van der Waals surface area (Å²) < 4.78 is 26.4. The highest BCUT2D eigenvalue weighted by molar-refractivity contribution is 7.89. The average molecular weight is 253 g/mol. The molecule has 0 spiro atoms. The standard InChI is InChI=1S/C12H15NO3S/c14-12-8-9-6-7-11(12)13(9)17(15,16)10-4-2-1-3-5-10/h1-5,9,11-12,14H,6-8H2/t9-,11+,12+/m1/s1. The van der Waals surface area contributed by atoms with Crippen LogP contribution in [0, 0.1) is 0 Å². The second-order valence-electron chi connectivity index (χ2n) is 4.75. The third kappa shape index (κ3) is 1.61. The largest absolute Gasteiger partial charge is 0.391 e. The van der Waals surface area contributed by atoms with E-state index in [0.29, 0.717) is 11.3 Å². The molecule has 3 atom stereocenters. The topological polar surface area (TPSA) is 57.6 Å². The lowest BCUT2D eigenvalue weighted by Crippen LogP contribution is -2.37. The second kappa shape index (κ2) is 3.80. The summed E-state index contributed by atoms with van der Waals surface area (Å²) in [4.78, 5) is 0.325. The molecule has 1 aromatic carbocycles.